The van der Waals surface area contributed by atoms with Crippen LogP contribution < -0.4 is 15.8 Å². The lowest BCUT2D eigenvalue weighted by atomic mass is 10.0. The third kappa shape index (κ3) is 3.77. The maximum atomic E-state index is 6.04. The van der Waals surface area contributed by atoms with E-state index in [0.717, 1.165) is 17.1 Å². The van der Waals surface area contributed by atoms with Crippen LogP contribution in [-0.2, 0) is 0 Å². The summed E-state index contributed by atoms with van der Waals surface area (Å²) in [7, 11) is 1.66. The van der Waals surface area contributed by atoms with E-state index in [1.54, 1.807) is 7.11 Å². The van der Waals surface area contributed by atoms with Gasteiger partial charge in [0.05, 0.1) is 18.5 Å². The quantitative estimate of drug-likeness (QED) is 0.802. The molecule has 0 aliphatic carbocycles. The Kier molecular flexibility index (Phi) is 4.91. The normalized spacial score (nSPS) is 17.4. The van der Waals surface area contributed by atoms with Gasteiger partial charge in [-0.1, -0.05) is 6.92 Å². The molecule has 1 aromatic rings. The number of piperidine rings is 1. The highest BCUT2D eigenvalue weighted by atomic mass is 16.5. The minimum Gasteiger partial charge on any atom is -0.497 e. The van der Waals surface area contributed by atoms with Crippen LogP contribution in [0.2, 0.25) is 0 Å². The van der Waals surface area contributed by atoms with Gasteiger partial charge in [0.1, 0.15) is 5.75 Å². The Morgan fingerprint density at radius 1 is 1.37 bits per heavy atom. The molecule has 4 nitrogen and oxygen atoms in total. The molecule has 0 atom stereocenters. The summed E-state index contributed by atoms with van der Waals surface area (Å²) in [4.78, 5) is 2.54. The van der Waals surface area contributed by atoms with Crippen LogP contribution >= 0.6 is 0 Å². The summed E-state index contributed by atoms with van der Waals surface area (Å²) in [6.45, 7) is 5.82. The summed E-state index contributed by atoms with van der Waals surface area (Å²) < 4.78 is 5.17. The summed E-state index contributed by atoms with van der Waals surface area (Å²) in [6.07, 6.45) is 3.61. The van der Waals surface area contributed by atoms with Gasteiger partial charge >= 0.3 is 0 Å². The molecule has 3 N–H and O–H groups in total. The number of nitrogen functional groups attached to an aromatic ring is 1. The Hall–Kier alpha value is -1.42. The highest BCUT2D eigenvalue weighted by molar-refractivity contribution is 5.68. The Labute approximate surface area is 115 Å². The summed E-state index contributed by atoms with van der Waals surface area (Å²) in [5.74, 6) is 0.806. The molecule has 0 radical (unpaired) electrons. The topological polar surface area (TPSA) is 50.5 Å². The number of nitrogens with one attached hydrogen (secondary N) is 1. The highest BCUT2D eigenvalue weighted by Crippen LogP contribution is 2.26. The predicted molar refractivity (Wildman–Crippen MR) is 80.8 cm³/mol. The van der Waals surface area contributed by atoms with Crippen LogP contribution in [-0.4, -0.2) is 37.7 Å². The van der Waals surface area contributed by atoms with Crippen molar-refractivity contribution in [3.63, 3.8) is 0 Å². The standard InChI is InChI=1S/C15H25N3O/c1-3-8-18-9-6-12(7-10-18)17-15-5-4-13(19-2)11-14(15)16/h4-5,11-12,17H,3,6-10,16H2,1-2H3. The van der Waals surface area contributed by atoms with E-state index in [2.05, 4.69) is 17.1 Å². The van der Waals surface area contributed by atoms with Crippen LogP contribution in [0.25, 0.3) is 0 Å². The predicted octanol–water partition coefficient (Wildman–Crippen LogP) is 2.56. The molecular formula is C15H25N3O. The minimum atomic E-state index is 0.531. The summed E-state index contributed by atoms with van der Waals surface area (Å²) in [5.41, 5.74) is 7.82. The molecule has 0 unspecified atom stereocenters. The number of ether oxygens (including phenoxy) is 1. The molecule has 1 aliphatic heterocycles. The average Bonchev–Trinajstić information content (AvgIpc) is 2.43. The van der Waals surface area contributed by atoms with E-state index in [-0.39, 0.29) is 0 Å². The summed E-state index contributed by atoms with van der Waals surface area (Å²) in [6, 6.07) is 6.36. The Morgan fingerprint density at radius 2 is 2.11 bits per heavy atom. The molecule has 0 aromatic heterocycles. The average molecular weight is 263 g/mol. The molecule has 19 heavy (non-hydrogen) atoms. The summed E-state index contributed by atoms with van der Waals surface area (Å²) >= 11 is 0. The van der Waals surface area contributed by atoms with Gasteiger partial charge in [-0.25, -0.2) is 0 Å². The van der Waals surface area contributed by atoms with Crippen molar-refractivity contribution in [2.75, 3.05) is 37.8 Å². The first kappa shape index (κ1) is 14.0. The van der Waals surface area contributed by atoms with E-state index in [0.29, 0.717) is 6.04 Å². The van der Waals surface area contributed by atoms with Crippen molar-refractivity contribution < 1.29 is 4.74 Å². The van der Waals surface area contributed by atoms with E-state index in [1.807, 2.05) is 18.2 Å². The molecule has 1 heterocycles. The van der Waals surface area contributed by atoms with Crippen molar-refractivity contribution in [1.82, 2.24) is 4.90 Å². The molecule has 1 aliphatic rings. The van der Waals surface area contributed by atoms with Crippen LogP contribution in [0.3, 0.4) is 0 Å². The van der Waals surface area contributed by atoms with E-state index >= 15 is 0 Å². The Balaban J connectivity index is 1.88. The largest absolute Gasteiger partial charge is 0.497 e. The van der Waals surface area contributed by atoms with Crippen molar-refractivity contribution in [2.24, 2.45) is 0 Å². The number of hydrogen-bond acceptors (Lipinski definition) is 4. The van der Waals surface area contributed by atoms with Gasteiger partial charge in [-0.15, -0.1) is 0 Å². The van der Waals surface area contributed by atoms with Crippen LogP contribution in [0.4, 0.5) is 11.4 Å². The zero-order valence-corrected chi connectivity index (χ0v) is 12.0. The van der Waals surface area contributed by atoms with Gasteiger partial charge in [-0.3, -0.25) is 0 Å². The van der Waals surface area contributed by atoms with Gasteiger partial charge in [0.15, 0.2) is 0 Å². The second kappa shape index (κ2) is 6.66. The lowest BCUT2D eigenvalue weighted by Gasteiger charge is -2.32. The third-order valence-electron chi connectivity index (χ3n) is 3.75. The van der Waals surface area contributed by atoms with E-state index < -0.39 is 0 Å². The van der Waals surface area contributed by atoms with Crippen molar-refractivity contribution >= 4 is 11.4 Å². The first-order chi connectivity index (χ1) is 9.22. The minimum absolute atomic E-state index is 0.531. The number of anilines is 2. The van der Waals surface area contributed by atoms with E-state index in [4.69, 9.17) is 10.5 Å². The van der Waals surface area contributed by atoms with Crippen molar-refractivity contribution in [3.8, 4) is 5.75 Å². The Morgan fingerprint density at radius 3 is 2.68 bits per heavy atom. The van der Waals surface area contributed by atoms with Crippen molar-refractivity contribution in [2.45, 2.75) is 32.2 Å². The first-order valence-electron chi connectivity index (χ1n) is 7.15. The van der Waals surface area contributed by atoms with Gasteiger partial charge in [-0.2, -0.15) is 0 Å². The number of nitrogens with two attached hydrogens (primary N) is 1. The van der Waals surface area contributed by atoms with Gasteiger partial charge in [0.2, 0.25) is 0 Å². The maximum absolute atomic E-state index is 6.04. The van der Waals surface area contributed by atoms with Crippen LogP contribution in [0.1, 0.15) is 26.2 Å². The molecule has 1 aromatic carbocycles. The van der Waals surface area contributed by atoms with E-state index in [9.17, 15) is 0 Å². The lowest BCUT2D eigenvalue weighted by molar-refractivity contribution is 0.219. The fourth-order valence-electron chi connectivity index (χ4n) is 2.64. The monoisotopic (exact) mass is 263 g/mol. The number of rotatable bonds is 5. The fraction of sp³-hybridized carbons (Fsp3) is 0.600. The van der Waals surface area contributed by atoms with Crippen LogP contribution in [0, 0.1) is 0 Å². The summed E-state index contributed by atoms with van der Waals surface area (Å²) in [5, 5.41) is 3.56. The van der Waals surface area contributed by atoms with Gasteiger partial charge in [0, 0.05) is 25.2 Å². The molecule has 1 fully saturated rings. The molecule has 2 rings (SSSR count). The molecule has 0 spiro atoms. The molecule has 0 amide bonds. The first-order valence-corrected chi connectivity index (χ1v) is 7.15. The van der Waals surface area contributed by atoms with Crippen molar-refractivity contribution in [3.05, 3.63) is 18.2 Å². The molecule has 4 heteroatoms. The van der Waals surface area contributed by atoms with Crippen LogP contribution in [0.15, 0.2) is 18.2 Å². The molecule has 1 saturated heterocycles. The number of likely N-dealkylation sites (tertiary alicyclic amines) is 1. The van der Waals surface area contributed by atoms with Crippen molar-refractivity contribution in [1.29, 1.82) is 0 Å². The second-order valence-corrected chi connectivity index (χ2v) is 5.21. The number of hydrogen-bond donors (Lipinski definition) is 2. The third-order valence-corrected chi connectivity index (χ3v) is 3.75. The highest BCUT2D eigenvalue weighted by Gasteiger charge is 2.18. The Bertz CT molecular complexity index is 400. The molecule has 0 bridgehead atoms. The molecule has 0 saturated carbocycles. The van der Waals surface area contributed by atoms with E-state index in [1.165, 1.54) is 38.9 Å². The number of benzene rings is 1. The molecular weight excluding hydrogens is 238 g/mol. The van der Waals surface area contributed by atoms with Gasteiger partial charge in [-0.05, 0) is 37.9 Å². The SMILES string of the molecule is CCCN1CCC(Nc2ccc(OC)cc2N)CC1. The second-order valence-electron chi connectivity index (χ2n) is 5.21. The number of methoxy groups -OCH3 is 1. The van der Waals surface area contributed by atoms with Crippen LogP contribution in [0.5, 0.6) is 5.75 Å². The zero-order chi connectivity index (χ0) is 13.7. The lowest BCUT2D eigenvalue weighted by Crippen LogP contribution is -2.39. The maximum Gasteiger partial charge on any atom is 0.121 e. The zero-order valence-electron chi connectivity index (χ0n) is 12.0. The van der Waals surface area contributed by atoms with Gasteiger partial charge < -0.3 is 20.7 Å². The number of nitrogens with zero attached hydrogens (tertiary/aromatic N) is 1. The fourth-order valence-corrected chi connectivity index (χ4v) is 2.64. The van der Waals surface area contributed by atoms with Gasteiger partial charge in [0.25, 0.3) is 0 Å². The smallest absolute Gasteiger partial charge is 0.121 e. The molecule has 106 valence electrons.